The fraction of sp³-hybridized carbons (Fsp3) is 0.0769. The maximum absolute atomic E-state index is 11.5. The van der Waals surface area contributed by atoms with Gasteiger partial charge in [-0.3, -0.25) is 14.9 Å². The van der Waals surface area contributed by atoms with E-state index < -0.39 is 11.8 Å². The minimum absolute atomic E-state index is 0.328. The van der Waals surface area contributed by atoms with Gasteiger partial charge in [0.25, 0.3) is 11.8 Å². The van der Waals surface area contributed by atoms with Gasteiger partial charge >= 0.3 is 0 Å². The molecule has 0 aromatic heterocycles. The highest BCUT2D eigenvalue weighted by atomic mass is 16.5. The lowest BCUT2D eigenvalue weighted by molar-refractivity contribution is -0.123. The molecule has 86 valence electrons. The molecular formula is C13H11NO3. The topological polar surface area (TPSA) is 55.4 Å². The van der Waals surface area contributed by atoms with Crippen molar-refractivity contribution in [2.45, 2.75) is 0 Å². The van der Waals surface area contributed by atoms with Crippen molar-refractivity contribution < 1.29 is 14.3 Å². The summed E-state index contributed by atoms with van der Waals surface area (Å²) in [5.41, 5.74) is 0.937. The number of carbonyl (C=O) groups excluding carboxylic acids is 2. The third-order valence-corrected chi connectivity index (χ3v) is 2.29. The van der Waals surface area contributed by atoms with E-state index in [0.29, 0.717) is 23.5 Å². The molecule has 1 aliphatic heterocycles. The quantitative estimate of drug-likeness (QED) is 0.625. The van der Waals surface area contributed by atoms with E-state index >= 15 is 0 Å². The van der Waals surface area contributed by atoms with Crippen LogP contribution in [0, 0.1) is 0 Å². The Bertz CT molecular complexity index is 517. The van der Waals surface area contributed by atoms with Crippen LogP contribution in [0.1, 0.15) is 5.56 Å². The van der Waals surface area contributed by atoms with Crippen LogP contribution in [0.3, 0.4) is 0 Å². The second-order valence-corrected chi connectivity index (χ2v) is 3.47. The van der Waals surface area contributed by atoms with Crippen LogP contribution in [0.25, 0.3) is 5.57 Å². The first kappa shape index (κ1) is 11.1. The van der Waals surface area contributed by atoms with E-state index in [1.54, 1.807) is 30.3 Å². The molecular weight excluding hydrogens is 218 g/mol. The average Bonchev–Trinajstić information content (AvgIpc) is 2.66. The lowest BCUT2D eigenvalue weighted by Gasteiger charge is -2.09. The Balaban J connectivity index is 2.38. The van der Waals surface area contributed by atoms with Gasteiger partial charge in [0.2, 0.25) is 0 Å². The summed E-state index contributed by atoms with van der Waals surface area (Å²) in [5.74, 6) is -0.239. The molecule has 0 aliphatic carbocycles. The van der Waals surface area contributed by atoms with Gasteiger partial charge in [0.05, 0.1) is 5.57 Å². The summed E-state index contributed by atoms with van der Waals surface area (Å²) in [6, 6.07) is 7.07. The van der Waals surface area contributed by atoms with Crippen LogP contribution in [0.4, 0.5) is 0 Å². The van der Waals surface area contributed by atoms with Crippen LogP contribution in [-0.2, 0) is 9.59 Å². The van der Waals surface area contributed by atoms with E-state index in [-0.39, 0.29) is 0 Å². The number of para-hydroxylation sites is 1. The molecule has 0 radical (unpaired) electrons. The summed E-state index contributed by atoms with van der Waals surface area (Å²) in [7, 11) is 0. The summed E-state index contributed by atoms with van der Waals surface area (Å²) in [4.78, 5) is 22.6. The van der Waals surface area contributed by atoms with Gasteiger partial charge in [0.1, 0.15) is 12.4 Å². The number of carbonyl (C=O) groups is 2. The molecule has 1 aromatic rings. The Hall–Kier alpha value is -2.36. The molecule has 1 N–H and O–H groups in total. The van der Waals surface area contributed by atoms with E-state index in [1.807, 2.05) is 0 Å². The van der Waals surface area contributed by atoms with Gasteiger partial charge in [-0.15, -0.1) is 0 Å². The largest absolute Gasteiger partial charge is 0.489 e. The first-order chi connectivity index (χ1) is 8.22. The number of hydrogen-bond acceptors (Lipinski definition) is 3. The van der Waals surface area contributed by atoms with Crippen molar-refractivity contribution in [2.75, 3.05) is 6.61 Å². The SMILES string of the molecule is C=CCOc1ccccc1C1=CC(=O)NC1=O. The molecule has 4 nitrogen and oxygen atoms in total. The first-order valence-electron chi connectivity index (χ1n) is 5.12. The number of rotatable bonds is 4. The number of ether oxygens (including phenoxy) is 1. The monoisotopic (exact) mass is 229 g/mol. The number of imide groups is 1. The third-order valence-electron chi connectivity index (χ3n) is 2.29. The van der Waals surface area contributed by atoms with Crippen LogP contribution in [0.5, 0.6) is 5.75 Å². The smallest absolute Gasteiger partial charge is 0.259 e. The third kappa shape index (κ3) is 2.25. The highest BCUT2D eigenvalue weighted by Gasteiger charge is 2.24. The maximum atomic E-state index is 11.5. The number of hydrogen-bond donors (Lipinski definition) is 1. The Labute approximate surface area is 98.6 Å². The summed E-state index contributed by atoms with van der Waals surface area (Å²) < 4.78 is 5.43. The molecule has 0 saturated heterocycles. The number of amides is 2. The summed E-state index contributed by atoms with van der Waals surface area (Å²) in [6.45, 7) is 3.90. The minimum atomic E-state index is -0.400. The number of nitrogens with one attached hydrogen (secondary N) is 1. The predicted octanol–water partition coefficient (Wildman–Crippen LogP) is 1.29. The van der Waals surface area contributed by atoms with Crippen LogP contribution in [0.15, 0.2) is 43.0 Å². The fourth-order valence-electron chi connectivity index (χ4n) is 1.58. The molecule has 2 amide bonds. The molecule has 0 spiro atoms. The van der Waals surface area contributed by atoms with Crippen LogP contribution < -0.4 is 10.1 Å². The van der Waals surface area contributed by atoms with Gasteiger partial charge in [-0.2, -0.15) is 0 Å². The zero-order valence-corrected chi connectivity index (χ0v) is 9.10. The lowest BCUT2D eigenvalue weighted by Crippen LogP contribution is -2.21. The molecule has 4 heteroatoms. The van der Waals surface area contributed by atoms with Gasteiger partial charge in [0, 0.05) is 11.6 Å². The minimum Gasteiger partial charge on any atom is -0.489 e. The zero-order valence-electron chi connectivity index (χ0n) is 9.10. The summed E-state index contributed by atoms with van der Waals surface area (Å²) >= 11 is 0. The van der Waals surface area contributed by atoms with E-state index in [9.17, 15) is 9.59 Å². The second-order valence-electron chi connectivity index (χ2n) is 3.47. The van der Waals surface area contributed by atoms with Crippen molar-refractivity contribution in [3.63, 3.8) is 0 Å². The fourth-order valence-corrected chi connectivity index (χ4v) is 1.58. The highest BCUT2D eigenvalue weighted by Crippen LogP contribution is 2.27. The first-order valence-corrected chi connectivity index (χ1v) is 5.12. The van der Waals surface area contributed by atoms with Gasteiger partial charge in [-0.25, -0.2) is 0 Å². The van der Waals surface area contributed by atoms with Crippen molar-refractivity contribution in [3.05, 3.63) is 48.6 Å². The Morgan fingerprint density at radius 3 is 2.71 bits per heavy atom. The van der Waals surface area contributed by atoms with Crippen molar-refractivity contribution in [3.8, 4) is 5.75 Å². The molecule has 1 aliphatic rings. The molecule has 1 heterocycles. The van der Waals surface area contributed by atoms with Gasteiger partial charge < -0.3 is 4.74 Å². The van der Waals surface area contributed by atoms with E-state index in [1.165, 1.54) is 6.08 Å². The van der Waals surface area contributed by atoms with Crippen molar-refractivity contribution in [1.29, 1.82) is 0 Å². The average molecular weight is 229 g/mol. The van der Waals surface area contributed by atoms with Gasteiger partial charge in [0.15, 0.2) is 0 Å². The Kier molecular flexibility index (Phi) is 3.05. The van der Waals surface area contributed by atoms with Crippen LogP contribution in [-0.4, -0.2) is 18.4 Å². The molecule has 17 heavy (non-hydrogen) atoms. The second kappa shape index (κ2) is 4.65. The Morgan fingerprint density at radius 1 is 1.29 bits per heavy atom. The van der Waals surface area contributed by atoms with E-state index in [2.05, 4.69) is 11.9 Å². The van der Waals surface area contributed by atoms with Gasteiger partial charge in [-0.1, -0.05) is 30.9 Å². The predicted molar refractivity (Wildman–Crippen MR) is 63.3 cm³/mol. The van der Waals surface area contributed by atoms with E-state index in [4.69, 9.17) is 4.74 Å². The Morgan fingerprint density at radius 2 is 2.06 bits per heavy atom. The summed E-state index contributed by atoms with van der Waals surface area (Å²) in [5, 5.41) is 2.20. The van der Waals surface area contributed by atoms with Crippen molar-refractivity contribution >= 4 is 17.4 Å². The maximum Gasteiger partial charge on any atom is 0.259 e. The molecule has 2 rings (SSSR count). The van der Waals surface area contributed by atoms with Crippen LogP contribution in [0.2, 0.25) is 0 Å². The van der Waals surface area contributed by atoms with Crippen molar-refractivity contribution in [2.24, 2.45) is 0 Å². The zero-order chi connectivity index (χ0) is 12.3. The molecule has 0 saturated carbocycles. The van der Waals surface area contributed by atoms with E-state index in [0.717, 1.165) is 0 Å². The molecule has 0 unspecified atom stereocenters. The van der Waals surface area contributed by atoms with Crippen LogP contribution >= 0.6 is 0 Å². The van der Waals surface area contributed by atoms with Crippen molar-refractivity contribution in [1.82, 2.24) is 5.32 Å². The highest BCUT2D eigenvalue weighted by molar-refractivity contribution is 6.33. The summed E-state index contributed by atoms with van der Waals surface area (Å²) in [6.07, 6.45) is 2.89. The molecule has 0 bridgehead atoms. The molecule has 0 atom stereocenters. The van der Waals surface area contributed by atoms with Gasteiger partial charge in [-0.05, 0) is 6.07 Å². The number of benzene rings is 1. The lowest BCUT2D eigenvalue weighted by atomic mass is 10.1. The standard InChI is InChI=1S/C13H11NO3/c1-2-7-17-11-6-4-3-5-9(11)10-8-12(15)14-13(10)16/h2-6,8H,1,7H2,(H,14,15,16). The normalized spacial score (nSPS) is 14.2. The molecule has 0 fully saturated rings. The molecule has 1 aromatic carbocycles.